The smallest absolute Gasteiger partial charge is 0.122 e. The molecule has 0 spiro atoms. The Kier molecular flexibility index (Phi) is 4.55. The molecule has 17 heavy (non-hydrogen) atoms. The second-order valence-electron chi connectivity index (χ2n) is 3.80. The van der Waals surface area contributed by atoms with E-state index in [4.69, 9.17) is 5.11 Å². The van der Waals surface area contributed by atoms with Crippen LogP contribution in [0.4, 0.5) is 0 Å². The highest BCUT2D eigenvalue weighted by Crippen LogP contribution is 2.23. The average molecular weight is 232 g/mol. The summed E-state index contributed by atoms with van der Waals surface area (Å²) in [5.41, 5.74) is 2.11. The van der Waals surface area contributed by atoms with Gasteiger partial charge in [-0.25, -0.2) is 0 Å². The topological polar surface area (TPSA) is 72.0 Å². The molecule has 0 unspecified atom stereocenters. The van der Waals surface area contributed by atoms with Gasteiger partial charge in [0.1, 0.15) is 11.5 Å². The van der Waals surface area contributed by atoms with Crippen LogP contribution >= 0.6 is 0 Å². The van der Waals surface area contributed by atoms with E-state index >= 15 is 0 Å². The number of hydrogen-bond acceptors (Lipinski definition) is 2. The molecular weight excluding hydrogens is 216 g/mol. The molecule has 0 fully saturated rings. The third-order valence-electron chi connectivity index (χ3n) is 2.59. The van der Waals surface area contributed by atoms with Gasteiger partial charge in [0.05, 0.1) is 0 Å². The lowest BCUT2D eigenvalue weighted by atomic mass is 10.0. The average Bonchev–Trinajstić information content (AvgIpc) is 2.29. The molecule has 0 aliphatic heterocycles. The van der Waals surface area contributed by atoms with Gasteiger partial charge < -0.3 is 15.7 Å². The second-order valence-corrected chi connectivity index (χ2v) is 3.80. The van der Waals surface area contributed by atoms with Gasteiger partial charge in [-0.3, -0.25) is 0 Å². The van der Waals surface area contributed by atoms with Gasteiger partial charge in [0.25, 0.3) is 0 Å². The molecule has 0 aliphatic rings. The van der Waals surface area contributed by atoms with Gasteiger partial charge in [0.15, 0.2) is 0 Å². The summed E-state index contributed by atoms with van der Waals surface area (Å²) < 4.78 is 0. The predicted molar refractivity (Wildman–Crippen MR) is 67.2 cm³/mol. The number of benzene rings is 2. The van der Waals surface area contributed by atoms with Gasteiger partial charge in [-0.2, -0.15) is 0 Å². The van der Waals surface area contributed by atoms with Crippen molar-refractivity contribution >= 4 is 0 Å². The van der Waals surface area contributed by atoms with Crippen molar-refractivity contribution in [3.63, 3.8) is 0 Å². The zero-order valence-corrected chi connectivity index (χ0v) is 9.43. The monoisotopic (exact) mass is 232 g/mol. The zero-order valence-electron chi connectivity index (χ0n) is 9.43. The summed E-state index contributed by atoms with van der Waals surface area (Å²) in [6, 6.07) is 14.9. The molecule has 0 aromatic heterocycles. The molecule has 0 amide bonds. The third-order valence-corrected chi connectivity index (χ3v) is 2.59. The van der Waals surface area contributed by atoms with Crippen molar-refractivity contribution in [1.82, 2.24) is 0 Å². The molecular formula is C14H16O3. The molecule has 3 heteroatoms. The highest BCUT2D eigenvalue weighted by molar-refractivity contribution is 5.39. The van der Waals surface area contributed by atoms with E-state index in [-0.39, 0.29) is 17.0 Å². The minimum absolute atomic E-state index is 0. The zero-order chi connectivity index (χ0) is 11.4. The van der Waals surface area contributed by atoms with Gasteiger partial charge in [-0.1, -0.05) is 36.4 Å². The van der Waals surface area contributed by atoms with Crippen molar-refractivity contribution in [2.24, 2.45) is 0 Å². The molecule has 4 N–H and O–H groups in total. The maximum atomic E-state index is 9.61. The first-order valence-corrected chi connectivity index (χ1v) is 5.30. The molecule has 0 saturated heterocycles. The normalized spacial score (nSPS) is 9.65. The Labute approximate surface area is 100 Å². The van der Waals surface area contributed by atoms with Crippen LogP contribution in [-0.4, -0.2) is 15.7 Å². The molecule has 0 aliphatic carbocycles. The lowest BCUT2D eigenvalue weighted by Gasteiger charge is -2.05. The van der Waals surface area contributed by atoms with Gasteiger partial charge >= 0.3 is 0 Å². The van der Waals surface area contributed by atoms with Crippen LogP contribution in [0.15, 0.2) is 48.5 Å². The minimum atomic E-state index is 0. The van der Waals surface area contributed by atoms with E-state index in [0.717, 1.165) is 18.4 Å². The van der Waals surface area contributed by atoms with E-state index in [2.05, 4.69) is 12.1 Å². The predicted octanol–water partition coefficient (Wildman–Crippen LogP) is 2.06. The molecule has 90 valence electrons. The largest absolute Gasteiger partial charge is 0.508 e. The van der Waals surface area contributed by atoms with E-state index in [1.807, 2.05) is 18.2 Å². The van der Waals surface area contributed by atoms with Crippen LogP contribution in [0, 0.1) is 0 Å². The van der Waals surface area contributed by atoms with Crippen LogP contribution in [0.3, 0.4) is 0 Å². The Morgan fingerprint density at radius 1 is 0.824 bits per heavy atom. The van der Waals surface area contributed by atoms with Crippen LogP contribution < -0.4 is 0 Å². The first-order valence-electron chi connectivity index (χ1n) is 5.30. The summed E-state index contributed by atoms with van der Waals surface area (Å²) in [7, 11) is 0. The highest BCUT2D eigenvalue weighted by Gasteiger charge is 2.02. The molecule has 0 heterocycles. The Bertz CT molecular complexity index is 466. The van der Waals surface area contributed by atoms with E-state index in [9.17, 15) is 5.11 Å². The van der Waals surface area contributed by atoms with Gasteiger partial charge in [-0.05, 0) is 30.0 Å². The Morgan fingerprint density at radius 3 is 2.18 bits per heavy atom. The fourth-order valence-electron chi connectivity index (χ4n) is 1.69. The van der Waals surface area contributed by atoms with Crippen molar-refractivity contribution in [2.45, 2.75) is 12.8 Å². The summed E-state index contributed by atoms with van der Waals surface area (Å²) in [6.07, 6.45) is 1.66. The van der Waals surface area contributed by atoms with Crippen LogP contribution in [-0.2, 0) is 12.8 Å². The van der Waals surface area contributed by atoms with Gasteiger partial charge in [0.2, 0.25) is 0 Å². The lowest BCUT2D eigenvalue weighted by Crippen LogP contribution is -1.91. The lowest BCUT2D eigenvalue weighted by molar-refractivity contribution is 0.446. The number of rotatable bonds is 3. The maximum Gasteiger partial charge on any atom is 0.122 e. The number of hydrogen-bond donors (Lipinski definition) is 2. The fourth-order valence-corrected chi connectivity index (χ4v) is 1.69. The molecule has 2 aromatic carbocycles. The van der Waals surface area contributed by atoms with Crippen molar-refractivity contribution in [3.8, 4) is 11.5 Å². The number of phenolic OH excluding ortho intramolecular Hbond substituents is 2. The van der Waals surface area contributed by atoms with Crippen molar-refractivity contribution < 1.29 is 15.7 Å². The van der Waals surface area contributed by atoms with Crippen LogP contribution in [0.5, 0.6) is 11.5 Å². The summed E-state index contributed by atoms with van der Waals surface area (Å²) in [5, 5.41) is 18.8. The van der Waals surface area contributed by atoms with Crippen molar-refractivity contribution in [3.05, 3.63) is 59.7 Å². The van der Waals surface area contributed by atoms with E-state index in [1.165, 1.54) is 11.6 Å². The van der Waals surface area contributed by atoms with Gasteiger partial charge in [-0.15, -0.1) is 0 Å². The quantitative estimate of drug-likeness (QED) is 0.850. The standard InChI is InChI=1S/C14H14O2.H2O/c15-13-9-8-12(14(16)10-13)7-6-11-4-2-1-3-5-11;/h1-5,8-10,15-16H,6-7H2;1H2. The summed E-state index contributed by atoms with van der Waals surface area (Å²) >= 11 is 0. The van der Waals surface area contributed by atoms with E-state index in [0.29, 0.717) is 0 Å². The summed E-state index contributed by atoms with van der Waals surface area (Å²) in [5.74, 6) is 0.261. The van der Waals surface area contributed by atoms with Crippen LogP contribution in [0.1, 0.15) is 11.1 Å². The second kappa shape index (κ2) is 5.92. The number of aromatic hydroxyl groups is 2. The molecule has 0 radical (unpaired) electrons. The van der Waals surface area contributed by atoms with Gasteiger partial charge in [0, 0.05) is 6.07 Å². The minimum Gasteiger partial charge on any atom is -0.508 e. The fraction of sp³-hybridized carbons (Fsp3) is 0.143. The third kappa shape index (κ3) is 3.50. The maximum absolute atomic E-state index is 9.61. The molecule has 3 nitrogen and oxygen atoms in total. The molecule has 0 atom stereocenters. The van der Waals surface area contributed by atoms with E-state index < -0.39 is 0 Å². The molecule has 2 aromatic rings. The Balaban J connectivity index is 0.00000144. The molecule has 0 bridgehead atoms. The Morgan fingerprint density at radius 2 is 1.53 bits per heavy atom. The SMILES string of the molecule is O.Oc1ccc(CCc2ccccc2)c(O)c1. The van der Waals surface area contributed by atoms with Crippen molar-refractivity contribution in [2.75, 3.05) is 0 Å². The molecule has 0 saturated carbocycles. The van der Waals surface area contributed by atoms with Crippen LogP contribution in [0.25, 0.3) is 0 Å². The summed E-state index contributed by atoms with van der Waals surface area (Å²) in [6.45, 7) is 0. The van der Waals surface area contributed by atoms with E-state index in [1.54, 1.807) is 12.1 Å². The van der Waals surface area contributed by atoms with Crippen LogP contribution in [0.2, 0.25) is 0 Å². The number of phenols is 2. The highest BCUT2D eigenvalue weighted by atomic mass is 16.3. The summed E-state index contributed by atoms with van der Waals surface area (Å²) in [4.78, 5) is 0. The Hall–Kier alpha value is -2.00. The molecule has 2 rings (SSSR count). The van der Waals surface area contributed by atoms with Crippen molar-refractivity contribution in [1.29, 1.82) is 0 Å². The first kappa shape index (κ1) is 13.1. The number of aryl methyl sites for hydroxylation is 2. The first-order chi connectivity index (χ1) is 7.75.